The van der Waals surface area contributed by atoms with Crippen LogP contribution in [0.1, 0.15) is 32.6 Å². The van der Waals surface area contributed by atoms with Crippen LogP contribution in [0, 0.1) is 11.8 Å². The molecule has 14 heavy (non-hydrogen) atoms. The molecule has 0 N–H and O–H groups in total. The SMILES string of the molecule is C=C[SiH](C=C)OC12CCC(CC1C)C2. The molecule has 3 atom stereocenters. The zero-order valence-electron chi connectivity index (χ0n) is 9.04. The first-order chi connectivity index (χ1) is 6.70. The Morgan fingerprint density at radius 3 is 2.57 bits per heavy atom. The van der Waals surface area contributed by atoms with Crippen LogP contribution in [0.4, 0.5) is 0 Å². The summed E-state index contributed by atoms with van der Waals surface area (Å²) < 4.78 is 6.30. The van der Waals surface area contributed by atoms with Crippen molar-refractivity contribution in [2.24, 2.45) is 11.8 Å². The predicted molar refractivity (Wildman–Crippen MR) is 62.5 cm³/mol. The second-order valence-electron chi connectivity index (χ2n) is 4.86. The van der Waals surface area contributed by atoms with Gasteiger partial charge in [0.2, 0.25) is 9.04 Å². The van der Waals surface area contributed by atoms with Crippen LogP contribution >= 0.6 is 0 Å². The lowest BCUT2D eigenvalue weighted by molar-refractivity contribution is 0.0374. The first-order valence-electron chi connectivity index (χ1n) is 5.63. The second kappa shape index (κ2) is 3.67. The standard InChI is InChI=1S/C12H20OSi/c1-4-14(5-2)13-12-7-6-11(9-12)8-10(12)3/h4-5,10-11,14H,1-2,6-9H2,3H3. The highest BCUT2D eigenvalue weighted by atomic mass is 28.3. The molecule has 0 aromatic rings. The van der Waals surface area contributed by atoms with Crippen molar-refractivity contribution >= 4 is 9.04 Å². The molecule has 0 amide bonds. The third kappa shape index (κ3) is 1.51. The molecule has 2 rings (SSSR count). The van der Waals surface area contributed by atoms with Gasteiger partial charge in [0.05, 0.1) is 5.60 Å². The third-order valence-electron chi connectivity index (χ3n) is 4.03. The van der Waals surface area contributed by atoms with Gasteiger partial charge in [-0.1, -0.05) is 18.3 Å². The maximum atomic E-state index is 6.30. The van der Waals surface area contributed by atoms with Crippen LogP contribution in [0.3, 0.4) is 0 Å². The number of rotatable bonds is 4. The first-order valence-corrected chi connectivity index (χ1v) is 7.43. The Kier molecular flexibility index (Phi) is 2.67. The Hall–Kier alpha value is -0.343. The van der Waals surface area contributed by atoms with Crippen LogP contribution in [-0.2, 0) is 4.43 Å². The lowest BCUT2D eigenvalue weighted by Gasteiger charge is -2.35. The topological polar surface area (TPSA) is 9.23 Å². The summed E-state index contributed by atoms with van der Waals surface area (Å²) in [6.45, 7) is 10.0. The van der Waals surface area contributed by atoms with Gasteiger partial charge in [0.25, 0.3) is 0 Å². The fourth-order valence-electron chi connectivity index (χ4n) is 3.19. The van der Waals surface area contributed by atoms with E-state index in [1.165, 1.54) is 25.7 Å². The maximum Gasteiger partial charge on any atom is 0.225 e. The van der Waals surface area contributed by atoms with Crippen LogP contribution in [-0.4, -0.2) is 14.6 Å². The quantitative estimate of drug-likeness (QED) is 0.646. The molecular weight excluding hydrogens is 188 g/mol. The van der Waals surface area contributed by atoms with Crippen molar-refractivity contribution in [2.45, 2.75) is 38.2 Å². The van der Waals surface area contributed by atoms with Crippen LogP contribution < -0.4 is 0 Å². The van der Waals surface area contributed by atoms with Crippen molar-refractivity contribution < 1.29 is 4.43 Å². The summed E-state index contributed by atoms with van der Waals surface area (Å²) in [7, 11) is -1.31. The monoisotopic (exact) mass is 208 g/mol. The molecule has 2 aliphatic rings. The highest BCUT2D eigenvalue weighted by Gasteiger charge is 2.51. The molecule has 2 fully saturated rings. The normalized spacial score (nSPS) is 40.4. The van der Waals surface area contributed by atoms with E-state index in [4.69, 9.17) is 4.43 Å². The minimum atomic E-state index is -1.31. The van der Waals surface area contributed by atoms with E-state index in [9.17, 15) is 0 Å². The Labute approximate surface area is 88.6 Å². The minimum absolute atomic E-state index is 0.212. The van der Waals surface area contributed by atoms with Crippen molar-refractivity contribution in [2.75, 3.05) is 0 Å². The van der Waals surface area contributed by atoms with Gasteiger partial charge in [0.1, 0.15) is 0 Å². The van der Waals surface area contributed by atoms with Crippen molar-refractivity contribution in [3.05, 3.63) is 24.6 Å². The molecule has 2 saturated carbocycles. The zero-order valence-corrected chi connectivity index (χ0v) is 10.2. The zero-order chi connectivity index (χ0) is 10.2. The van der Waals surface area contributed by atoms with E-state index >= 15 is 0 Å². The molecule has 0 saturated heterocycles. The van der Waals surface area contributed by atoms with Gasteiger partial charge in [0, 0.05) is 0 Å². The average Bonchev–Trinajstić information content (AvgIpc) is 2.71. The minimum Gasteiger partial charge on any atom is -0.406 e. The average molecular weight is 208 g/mol. The van der Waals surface area contributed by atoms with E-state index in [1.807, 2.05) is 11.4 Å². The van der Waals surface area contributed by atoms with Crippen LogP contribution in [0.5, 0.6) is 0 Å². The molecule has 0 spiro atoms. The van der Waals surface area contributed by atoms with E-state index in [2.05, 4.69) is 20.1 Å². The fourth-order valence-corrected chi connectivity index (χ4v) is 4.56. The van der Waals surface area contributed by atoms with Crippen molar-refractivity contribution in [1.82, 2.24) is 0 Å². The smallest absolute Gasteiger partial charge is 0.225 e. The summed E-state index contributed by atoms with van der Waals surface area (Å²) >= 11 is 0. The van der Waals surface area contributed by atoms with E-state index in [0.717, 1.165) is 11.8 Å². The van der Waals surface area contributed by atoms with Gasteiger partial charge in [-0.25, -0.2) is 0 Å². The Balaban J connectivity index is 2.08. The van der Waals surface area contributed by atoms with E-state index in [1.54, 1.807) is 0 Å². The van der Waals surface area contributed by atoms with Gasteiger partial charge < -0.3 is 4.43 Å². The Morgan fingerprint density at radius 2 is 2.14 bits per heavy atom. The molecule has 0 radical (unpaired) electrons. The van der Waals surface area contributed by atoms with Crippen LogP contribution in [0.25, 0.3) is 0 Å². The fraction of sp³-hybridized carbons (Fsp3) is 0.667. The highest BCUT2D eigenvalue weighted by molar-refractivity contribution is 6.62. The molecule has 0 aliphatic heterocycles. The lowest BCUT2D eigenvalue weighted by Crippen LogP contribution is -2.38. The number of hydrogen-bond donors (Lipinski definition) is 0. The van der Waals surface area contributed by atoms with Crippen LogP contribution in [0.2, 0.25) is 0 Å². The Bertz CT molecular complexity index is 243. The van der Waals surface area contributed by atoms with E-state index < -0.39 is 9.04 Å². The largest absolute Gasteiger partial charge is 0.406 e. The molecule has 0 aromatic carbocycles. The van der Waals surface area contributed by atoms with E-state index in [-0.39, 0.29) is 5.60 Å². The summed E-state index contributed by atoms with van der Waals surface area (Å²) in [5.41, 5.74) is 4.18. The summed E-state index contributed by atoms with van der Waals surface area (Å²) in [5, 5.41) is 0. The van der Waals surface area contributed by atoms with Crippen molar-refractivity contribution in [3.63, 3.8) is 0 Å². The van der Waals surface area contributed by atoms with Gasteiger partial charge in [-0.05, 0) is 37.5 Å². The molecule has 78 valence electrons. The summed E-state index contributed by atoms with van der Waals surface area (Å²) in [6, 6.07) is 0. The predicted octanol–water partition coefficient (Wildman–Crippen LogP) is 2.76. The Morgan fingerprint density at radius 1 is 1.43 bits per heavy atom. The molecule has 0 heterocycles. The number of fused-ring (bicyclic) bond motifs is 2. The summed E-state index contributed by atoms with van der Waals surface area (Å²) in [6.07, 6.45) is 5.30. The first kappa shape index (κ1) is 10.2. The van der Waals surface area contributed by atoms with Crippen molar-refractivity contribution in [1.29, 1.82) is 0 Å². The number of hydrogen-bond acceptors (Lipinski definition) is 1. The van der Waals surface area contributed by atoms with Gasteiger partial charge in [-0.3, -0.25) is 0 Å². The molecular formula is C12H20OSi. The summed E-state index contributed by atoms with van der Waals surface area (Å²) in [5.74, 6) is 1.69. The molecule has 2 aliphatic carbocycles. The second-order valence-corrected chi connectivity index (χ2v) is 6.97. The van der Waals surface area contributed by atoms with Gasteiger partial charge >= 0.3 is 0 Å². The third-order valence-corrected chi connectivity index (χ3v) is 5.70. The molecule has 2 heteroatoms. The molecule has 2 bridgehead atoms. The molecule has 3 unspecified atom stereocenters. The summed E-state index contributed by atoms with van der Waals surface area (Å²) in [4.78, 5) is 0. The lowest BCUT2D eigenvalue weighted by atomic mass is 9.87. The van der Waals surface area contributed by atoms with Crippen molar-refractivity contribution in [3.8, 4) is 0 Å². The van der Waals surface area contributed by atoms with Gasteiger partial charge in [-0.15, -0.1) is 13.2 Å². The van der Waals surface area contributed by atoms with E-state index in [0.29, 0.717) is 0 Å². The van der Waals surface area contributed by atoms with Crippen LogP contribution in [0.15, 0.2) is 24.6 Å². The molecule has 0 aromatic heterocycles. The molecule has 1 nitrogen and oxygen atoms in total. The maximum absolute atomic E-state index is 6.30. The highest BCUT2D eigenvalue weighted by Crippen LogP contribution is 2.53. The van der Waals surface area contributed by atoms with Gasteiger partial charge in [-0.2, -0.15) is 0 Å². The van der Waals surface area contributed by atoms with Gasteiger partial charge in [0.15, 0.2) is 0 Å².